The van der Waals surface area contributed by atoms with Gasteiger partial charge in [0.05, 0.1) is 6.61 Å². The van der Waals surface area contributed by atoms with Crippen LogP contribution in [0, 0.1) is 0 Å². The largest absolute Gasteiger partial charge is 0.493 e. The molecular weight excluding hydrogens is 163 g/mol. The fraction of sp³-hybridized carbons (Fsp3) is 0.333. The van der Waals surface area contributed by atoms with Crippen molar-refractivity contribution in [1.82, 2.24) is 0 Å². The molecule has 0 saturated carbocycles. The van der Waals surface area contributed by atoms with Gasteiger partial charge < -0.3 is 14.8 Å². The van der Waals surface area contributed by atoms with Gasteiger partial charge >= 0.3 is 7.69 Å². The number of rotatable bonds is 2. The molecule has 11 heavy (non-hydrogen) atoms. The molecule has 1 aromatic heterocycles. The monoisotopic (exact) mass is 174 g/mol. The number of hydrogen-bond donors (Lipinski definition) is 2. The van der Waals surface area contributed by atoms with Crippen molar-refractivity contribution in [1.29, 1.82) is 0 Å². The van der Waals surface area contributed by atoms with Gasteiger partial charge in [-0.3, -0.25) is 0 Å². The summed E-state index contributed by atoms with van der Waals surface area (Å²) < 4.78 is 5.16. The first-order chi connectivity index (χ1) is 5.35. The maximum Gasteiger partial charge on any atom is 0.432 e. The van der Waals surface area contributed by atoms with Crippen molar-refractivity contribution in [2.24, 2.45) is 0 Å². The van der Waals surface area contributed by atoms with Crippen LogP contribution >= 0.6 is 11.3 Å². The molecule has 0 spiro atoms. The van der Waals surface area contributed by atoms with E-state index in [0.717, 1.165) is 12.4 Å². The van der Waals surface area contributed by atoms with Crippen molar-refractivity contribution in [3.63, 3.8) is 0 Å². The van der Waals surface area contributed by atoms with Crippen LogP contribution < -0.4 is 4.74 Å². The van der Waals surface area contributed by atoms with Gasteiger partial charge in [0.15, 0.2) is 0 Å². The van der Waals surface area contributed by atoms with Gasteiger partial charge in [-0.25, -0.2) is 0 Å². The molecule has 0 radical (unpaired) electrons. The maximum absolute atomic E-state index is 7.12. The molecule has 0 amide bonds. The first-order valence-corrected chi connectivity index (χ1v) is 4.16. The van der Waals surface area contributed by atoms with Crippen LogP contribution in [0.1, 0.15) is 6.92 Å². The van der Waals surface area contributed by atoms with Gasteiger partial charge in [-0.2, -0.15) is 0 Å². The first kappa shape index (κ1) is 10.5. The van der Waals surface area contributed by atoms with Crippen LogP contribution in [0.2, 0.25) is 0 Å². The van der Waals surface area contributed by atoms with E-state index in [-0.39, 0.29) is 0 Å². The summed E-state index contributed by atoms with van der Waals surface area (Å²) in [5, 5.41) is 18.2. The predicted octanol–water partition coefficient (Wildman–Crippen LogP) is 0.384. The average Bonchev–Trinajstić information content (AvgIpc) is 2.42. The average molecular weight is 174 g/mol. The summed E-state index contributed by atoms with van der Waals surface area (Å²) in [4.78, 5) is 0. The van der Waals surface area contributed by atoms with E-state index in [9.17, 15) is 0 Å². The summed E-state index contributed by atoms with van der Waals surface area (Å²) in [6, 6.07) is 1.97. The highest BCUT2D eigenvalue weighted by atomic mass is 32.1. The van der Waals surface area contributed by atoms with Crippen LogP contribution in [-0.2, 0) is 0 Å². The van der Waals surface area contributed by atoms with Gasteiger partial charge in [-0.15, -0.1) is 11.3 Å². The molecule has 0 aliphatic heterocycles. The Morgan fingerprint density at radius 2 is 2.27 bits per heavy atom. The fourth-order valence-electron chi connectivity index (χ4n) is 0.501. The Morgan fingerprint density at radius 3 is 2.64 bits per heavy atom. The van der Waals surface area contributed by atoms with Crippen molar-refractivity contribution in [3.8, 4) is 5.75 Å². The van der Waals surface area contributed by atoms with Gasteiger partial charge in [0.2, 0.25) is 0 Å². The number of ether oxygens (including phenoxy) is 1. The zero-order valence-corrected chi connectivity index (χ0v) is 7.17. The third-order valence-electron chi connectivity index (χ3n) is 0.806. The minimum absolute atomic E-state index is 0.750. The van der Waals surface area contributed by atoms with E-state index in [1.807, 2.05) is 23.8 Å². The zero-order chi connectivity index (χ0) is 8.53. The minimum atomic E-state index is -0.750. The quantitative estimate of drug-likeness (QED) is 0.637. The molecule has 0 aliphatic rings. The lowest BCUT2D eigenvalue weighted by Gasteiger charge is -1.94. The normalized spacial score (nSPS) is 7.91. The van der Waals surface area contributed by atoms with Crippen LogP contribution in [0.5, 0.6) is 5.75 Å². The van der Waals surface area contributed by atoms with E-state index in [1.165, 1.54) is 0 Å². The molecule has 0 unspecified atom stereocenters. The fourth-order valence-corrected chi connectivity index (χ4v) is 1.07. The molecule has 0 aromatic carbocycles. The summed E-state index contributed by atoms with van der Waals surface area (Å²) in [6.45, 7) is 2.74. The van der Waals surface area contributed by atoms with Gasteiger partial charge in [-0.1, -0.05) is 0 Å². The van der Waals surface area contributed by atoms with Gasteiger partial charge in [-0.05, 0) is 18.4 Å². The summed E-state index contributed by atoms with van der Waals surface area (Å²) in [7, 11) is -0.750. The third-order valence-corrected chi connectivity index (χ3v) is 1.47. The lowest BCUT2D eigenvalue weighted by Crippen LogP contribution is -1.87. The number of thiophene rings is 1. The highest BCUT2D eigenvalue weighted by molar-refractivity contribution is 7.08. The second-order valence-corrected chi connectivity index (χ2v) is 2.31. The van der Waals surface area contributed by atoms with Crippen LogP contribution in [0.3, 0.4) is 0 Å². The standard InChI is InChI=1S/C6H8OS.BH3O2/c1-2-7-6-3-4-8-5-6;2-1-3/h3-5H,2H2,1H3;1-3H. The zero-order valence-electron chi connectivity index (χ0n) is 6.36. The molecule has 1 aromatic rings. The Morgan fingerprint density at radius 1 is 1.64 bits per heavy atom. The van der Waals surface area contributed by atoms with Crippen molar-refractivity contribution in [2.75, 3.05) is 6.61 Å². The second-order valence-electron chi connectivity index (χ2n) is 1.53. The van der Waals surface area contributed by atoms with Crippen molar-refractivity contribution >= 4 is 19.0 Å². The molecule has 62 valence electrons. The van der Waals surface area contributed by atoms with Crippen molar-refractivity contribution < 1.29 is 14.8 Å². The first-order valence-electron chi connectivity index (χ1n) is 3.21. The van der Waals surface area contributed by atoms with E-state index in [2.05, 4.69) is 0 Å². The highest BCUT2D eigenvalue weighted by Gasteiger charge is 1.86. The minimum Gasteiger partial charge on any atom is -0.493 e. The predicted molar refractivity (Wildman–Crippen MR) is 47.1 cm³/mol. The Kier molecular flexibility index (Phi) is 7.23. The molecule has 0 bridgehead atoms. The molecule has 0 atom stereocenters. The Bertz CT molecular complexity index is 155. The van der Waals surface area contributed by atoms with E-state index in [1.54, 1.807) is 11.3 Å². The molecular formula is C6H11BO3S. The molecule has 1 heterocycles. The Balaban J connectivity index is 0.000000292. The molecule has 3 nitrogen and oxygen atoms in total. The lowest BCUT2D eigenvalue weighted by molar-refractivity contribution is 0.342. The van der Waals surface area contributed by atoms with Crippen LogP contribution in [0.4, 0.5) is 0 Å². The molecule has 5 heteroatoms. The maximum atomic E-state index is 7.12. The lowest BCUT2D eigenvalue weighted by atomic mass is 10.5. The van der Waals surface area contributed by atoms with Gasteiger partial charge in [0.25, 0.3) is 0 Å². The third kappa shape index (κ3) is 5.91. The van der Waals surface area contributed by atoms with Crippen molar-refractivity contribution in [3.05, 3.63) is 16.8 Å². The summed E-state index contributed by atoms with van der Waals surface area (Å²) in [6.07, 6.45) is 0. The Hall–Kier alpha value is -0.515. The summed E-state index contributed by atoms with van der Waals surface area (Å²) in [5.41, 5.74) is 0. The number of hydrogen-bond acceptors (Lipinski definition) is 4. The van der Waals surface area contributed by atoms with Crippen LogP contribution in [0.25, 0.3) is 0 Å². The summed E-state index contributed by atoms with van der Waals surface area (Å²) in [5.74, 6) is 0.984. The van der Waals surface area contributed by atoms with E-state index < -0.39 is 7.69 Å². The van der Waals surface area contributed by atoms with Gasteiger partial charge in [0.1, 0.15) is 5.75 Å². The molecule has 2 N–H and O–H groups in total. The Labute approximate surface area is 70.6 Å². The van der Waals surface area contributed by atoms with Gasteiger partial charge in [0, 0.05) is 5.38 Å². The van der Waals surface area contributed by atoms with E-state index >= 15 is 0 Å². The molecule has 0 fully saturated rings. The molecule has 0 aliphatic carbocycles. The summed E-state index contributed by atoms with van der Waals surface area (Å²) >= 11 is 1.65. The van der Waals surface area contributed by atoms with Crippen LogP contribution in [0.15, 0.2) is 16.8 Å². The molecule has 1 rings (SSSR count). The second kappa shape index (κ2) is 7.59. The highest BCUT2D eigenvalue weighted by Crippen LogP contribution is 2.13. The SMILES string of the molecule is CCOc1ccsc1.OBO. The molecule has 0 saturated heterocycles. The topological polar surface area (TPSA) is 49.7 Å². The van der Waals surface area contributed by atoms with E-state index in [4.69, 9.17) is 14.8 Å². The van der Waals surface area contributed by atoms with Crippen molar-refractivity contribution in [2.45, 2.75) is 6.92 Å². The van der Waals surface area contributed by atoms with E-state index in [0.29, 0.717) is 0 Å². The van der Waals surface area contributed by atoms with Crippen LogP contribution in [-0.4, -0.2) is 24.3 Å². The smallest absolute Gasteiger partial charge is 0.432 e.